The zero-order chi connectivity index (χ0) is 19.2. The Bertz CT molecular complexity index is 888. The number of rotatable bonds is 7. The molecule has 0 aliphatic carbocycles. The van der Waals surface area contributed by atoms with Crippen LogP contribution in [0.25, 0.3) is 0 Å². The number of nitrogens with zero attached hydrogens (tertiary/aromatic N) is 3. The van der Waals surface area contributed by atoms with Crippen molar-refractivity contribution >= 4 is 28.7 Å². The maximum atomic E-state index is 4.53. The van der Waals surface area contributed by atoms with Crippen molar-refractivity contribution in [2.24, 2.45) is 0 Å². The van der Waals surface area contributed by atoms with Crippen LogP contribution in [0.15, 0.2) is 54.6 Å². The lowest BCUT2D eigenvalue weighted by Crippen LogP contribution is -2.21. The van der Waals surface area contributed by atoms with E-state index in [1.165, 1.54) is 11.3 Å². The van der Waals surface area contributed by atoms with E-state index in [4.69, 9.17) is 0 Å². The van der Waals surface area contributed by atoms with Gasteiger partial charge >= 0.3 is 0 Å². The zero-order valence-electron chi connectivity index (χ0n) is 16.5. The van der Waals surface area contributed by atoms with Gasteiger partial charge in [0.05, 0.1) is 0 Å². The largest absolute Gasteiger partial charge is 0.372 e. The molecule has 0 aliphatic rings. The third-order valence-electron chi connectivity index (χ3n) is 4.49. The fourth-order valence-electron chi connectivity index (χ4n) is 3.08. The highest BCUT2D eigenvalue weighted by Gasteiger charge is 2.08. The van der Waals surface area contributed by atoms with E-state index in [1.54, 1.807) is 0 Å². The van der Waals surface area contributed by atoms with Crippen molar-refractivity contribution in [1.29, 1.82) is 0 Å². The summed E-state index contributed by atoms with van der Waals surface area (Å²) in [4.78, 5) is 11.4. The van der Waals surface area contributed by atoms with E-state index in [2.05, 4.69) is 64.5 Å². The Morgan fingerprint density at radius 1 is 0.815 bits per heavy atom. The second kappa shape index (κ2) is 8.54. The second-order valence-electron chi connectivity index (χ2n) is 6.47. The Labute approximate surface area is 161 Å². The fourth-order valence-corrected chi connectivity index (χ4v) is 3.08. The van der Waals surface area contributed by atoms with Crippen LogP contribution < -0.4 is 15.5 Å². The molecule has 0 fully saturated rings. The molecule has 3 aromatic rings. The Morgan fingerprint density at radius 2 is 1.48 bits per heavy atom. The highest BCUT2D eigenvalue weighted by molar-refractivity contribution is 5.67. The second-order valence-corrected chi connectivity index (χ2v) is 6.47. The molecule has 0 unspecified atom stereocenters. The molecule has 0 spiro atoms. The number of benzene rings is 2. The predicted molar refractivity (Wildman–Crippen MR) is 115 cm³/mol. The number of hydrogen-bond acceptors (Lipinski definition) is 5. The maximum Gasteiger partial charge on any atom is 0.136 e. The van der Waals surface area contributed by atoms with E-state index in [0.717, 1.165) is 41.9 Å². The van der Waals surface area contributed by atoms with Gasteiger partial charge in [-0.05, 0) is 63.6 Å². The van der Waals surface area contributed by atoms with Gasteiger partial charge in [0, 0.05) is 36.2 Å². The molecule has 2 N–H and O–H groups in total. The molecule has 0 atom stereocenters. The highest BCUT2D eigenvalue weighted by Crippen LogP contribution is 2.26. The summed E-state index contributed by atoms with van der Waals surface area (Å²) in [7, 11) is 0. The van der Waals surface area contributed by atoms with Gasteiger partial charge in [0.25, 0.3) is 0 Å². The molecular weight excluding hydrogens is 334 g/mol. The van der Waals surface area contributed by atoms with Crippen LogP contribution in [0.5, 0.6) is 0 Å². The number of aryl methyl sites for hydroxylation is 2. The Kier molecular flexibility index (Phi) is 5.91. The quantitative estimate of drug-likeness (QED) is 0.588. The minimum absolute atomic E-state index is 0.718. The molecule has 0 saturated heterocycles. The summed E-state index contributed by atoms with van der Waals surface area (Å²) in [5.74, 6) is 2.27. The van der Waals surface area contributed by atoms with Crippen LogP contribution >= 0.6 is 0 Å². The SMILES string of the molecule is CCN(CC)c1ccc(Nc2cc(Nc3ccccc3)nc(C)n2)c(C)c1. The molecule has 0 radical (unpaired) electrons. The molecule has 0 amide bonds. The van der Waals surface area contributed by atoms with Crippen molar-refractivity contribution < 1.29 is 0 Å². The van der Waals surface area contributed by atoms with Gasteiger partial charge in [-0.1, -0.05) is 18.2 Å². The zero-order valence-corrected chi connectivity index (χ0v) is 16.5. The third-order valence-corrected chi connectivity index (χ3v) is 4.49. The van der Waals surface area contributed by atoms with E-state index < -0.39 is 0 Å². The smallest absolute Gasteiger partial charge is 0.136 e. The molecule has 1 aromatic heterocycles. The Hall–Kier alpha value is -3.08. The van der Waals surface area contributed by atoms with Gasteiger partial charge in [-0.2, -0.15) is 0 Å². The van der Waals surface area contributed by atoms with Crippen LogP contribution in [-0.4, -0.2) is 23.1 Å². The first-order valence-corrected chi connectivity index (χ1v) is 9.39. The molecule has 0 aliphatic heterocycles. The normalized spacial score (nSPS) is 10.5. The van der Waals surface area contributed by atoms with Crippen molar-refractivity contribution in [3.05, 3.63) is 66.0 Å². The molecule has 27 heavy (non-hydrogen) atoms. The van der Waals surface area contributed by atoms with Gasteiger partial charge in [-0.15, -0.1) is 0 Å². The fraction of sp³-hybridized carbons (Fsp3) is 0.273. The van der Waals surface area contributed by atoms with Crippen LogP contribution in [0.3, 0.4) is 0 Å². The average molecular weight is 361 g/mol. The molecule has 3 rings (SSSR count). The van der Waals surface area contributed by atoms with E-state index >= 15 is 0 Å². The Morgan fingerprint density at radius 3 is 2.11 bits per heavy atom. The summed E-state index contributed by atoms with van der Waals surface area (Å²) in [5, 5.41) is 6.76. The van der Waals surface area contributed by atoms with Crippen molar-refractivity contribution in [1.82, 2.24) is 9.97 Å². The number of anilines is 5. The van der Waals surface area contributed by atoms with Gasteiger partial charge in [0.1, 0.15) is 17.5 Å². The number of nitrogens with one attached hydrogen (secondary N) is 2. The van der Waals surface area contributed by atoms with Crippen molar-refractivity contribution in [2.45, 2.75) is 27.7 Å². The monoisotopic (exact) mass is 361 g/mol. The summed E-state index contributed by atoms with van der Waals surface area (Å²) in [6.07, 6.45) is 0. The average Bonchev–Trinajstić information content (AvgIpc) is 2.65. The van der Waals surface area contributed by atoms with Crippen molar-refractivity contribution in [2.75, 3.05) is 28.6 Å². The number of para-hydroxylation sites is 1. The van der Waals surface area contributed by atoms with Crippen molar-refractivity contribution in [3.63, 3.8) is 0 Å². The topological polar surface area (TPSA) is 53.1 Å². The summed E-state index contributed by atoms with van der Waals surface area (Å²) in [6, 6.07) is 18.4. The highest BCUT2D eigenvalue weighted by atomic mass is 15.1. The van der Waals surface area contributed by atoms with Gasteiger partial charge in [-0.25, -0.2) is 9.97 Å². The Balaban J connectivity index is 1.81. The van der Waals surface area contributed by atoms with Crippen molar-refractivity contribution in [3.8, 4) is 0 Å². The first-order chi connectivity index (χ1) is 13.1. The van der Waals surface area contributed by atoms with Gasteiger partial charge < -0.3 is 15.5 Å². The molecule has 0 saturated carbocycles. The predicted octanol–water partition coefficient (Wildman–Crippen LogP) is 5.43. The van der Waals surface area contributed by atoms with Gasteiger partial charge in [0.15, 0.2) is 0 Å². The van der Waals surface area contributed by atoms with Crippen LogP contribution in [0.1, 0.15) is 25.2 Å². The van der Waals surface area contributed by atoms with Crippen LogP contribution in [0.4, 0.5) is 28.7 Å². The summed E-state index contributed by atoms with van der Waals surface area (Å²) >= 11 is 0. The lowest BCUT2D eigenvalue weighted by molar-refractivity contribution is 0.866. The summed E-state index contributed by atoms with van der Waals surface area (Å²) in [5.41, 5.74) is 4.48. The molecule has 5 heteroatoms. The summed E-state index contributed by atoms with van der Waals surface area (Å²) in [6.45, 7) is 10.4. The first kappa shape index (κ1) is 18.7. The molecule has 0 bridgehead atoms. The van der Waals surface area contributed by atoms with Crippen LogP contribution in [-0.2, 0) is 0 Å². The van der Waals surface area contributed by atoms with Crippen LogP contribution in [0.2, 0.25) is 0 Å². The van der Waals surface area contributed by atoms with E-state index in [1.807, 2.05) is 43.3 Å². The molecular formula is C22H27N5. The first-order valence-electron chi connectivity index (χ1n) is 9.39. The van der Waals surface area contributed by atoms with Gasteiger partial charge in [-0.3, -0.25) is 0 Å². The minimum Gasteiger partial charge on any atom is -0.372 e. The third kappa shape index (κ3) is 4.76. The van der Waals surface area contributed by atoms with Crippen LogP contribution in [0, 0.1) is 13.8 Å². The number of aromatic nitrogens is 2. The van der Waals surface area contributed by atoms with E-state index in [9.17, 15) is 0 Å². The molecule has 1 heterocycles. The summed E-state index contributed by atoms with van der Waals surface area (Å²) < 4.78 is 0. The molecule has 140 valence electrons. The maximum absolute atomic E-state index is 4.53. The molecule has 2 aromatic carbocycles. The van der Waals surface area contributed by atoms with Gasteiger partial charge in [0.2, 0.25) is 0 Å². The van der Waals surface area contributed by atoms with E-state index in [0.29, 0.717) is 0 Å². The lowest BCUT2D eigenvalue weighted by atomic mass is 10.1. The molecule has 5 nitrogen and oxygen atoms in total. The number of hydrogen-bond donors (Lipinski definition) is 2. The minimum atomic E-state index is 0.718. The standard InChI is InChI=1S/C22H27N5/c1-5-27(6-2)19-12-13-20(16(3)14-19)26-22-15-21(23-17(4)24-22)25-18-10-8-7-9-11-18/h7-15H,5-6H2,1-4H3,(H2,23,24,25,26). The van der Waals surface area contributed by atoms with E-state index in [-0.39, 0.29) is 0 Å². The lowest BCUT2D eigenvalue weighted by Gasteiger charge is -2.22.